The monoisotopic (exact) mass is 290 g/mol. The molecule has 21 heavy (non-hydrogen) atoms. The molecule has 5 nitrogen and oxygen atoms in total. The van der Waals surface area contributed by atoms with Crippen LogP contribution in [0, 0.1) is 11.8 Å². The third-order valence-electron chi connectivity index (χ3n) is 4.45. The highest BCUT2D eigenvalue weighted by molar-refractivity contribution is 4.94. The van der Waals surface area contributed by atoms with Crippen LogP contribution >= 0.6 is 0 Å². The molecule has 2 aliphatic rings. The molecule has 0 radical (unpaired) electrons. The molecule has 2 atom stereocenters. The predicted molar refractivity (Wildman–Crippen MR) is 81.7 cm³/mol. The Balaban J connectivity index is 1.32. The van der Waals surface area contributed by atoms with Gasteiger partial charge in [0.15, 0.2) is 0 Å². The molecule has 0 spiro atoms. The smallest absolute Gasteiger partial charge is 0.0964 e. The summed E-state index contributed by atoms with van der Waals surface area (Å²) in [6.07, 6.45) is 11.5. The summed E-state index contributed by atoms with van der Waals surface area (Å²) in [5.74, 6) is 1.41. The summed E-state index contributed by atoms with van der Waals surface area (Å²) >= 11 is 0. The fourth-order valence-electron chi connectivity index (χ4n) is 2.70. The van der Waals surface area contributed by atoms with Crippen LogP contribution < -0.4 is 5.32 Å². The van der Waals surface area contributed by atoms with E-state index >= 15 is 0 Å². The Bertz CT molecular complexity index is 467. The minimum absolute atomic E-state index is 0.670. The van der Waals surface area contributed by atoms with Gasteiger partial charge in [0, 0.05) is 18.8 Å². The highest BCUT2D eigenvalue weighted by Gasteiger charge is 2.20. The molecular weight excluding hydrogens is 264 g/mol. The zero-order chi connectivity index (χ0) is 14.5. The summed E-state index contributed by atoms with van der Waals surface area (Å²) in [6.45, 7) is 5.50. The lowest BCUT2D eigenvalue weighted by molar-refractivity contribution is 0.0722. The van der Waals surface area contributed by atoms with Crippen molar-refractivity contribution >= 4 is 0 Å². The van der Waals surface area contributed by atoms with E-state index in [1.54, 1.807) is 0 Å². The minimum Gasteiger partial charge on any atom is -0.379 e. The van der Waals surface area contributed by atoms with Gasteiger partial charge in [-0.05, 0) is 37.5 Å². The van der Waals surface area contributed by atoms with E-state index in [0.29, 0.717) is 18.6 Å². The molecule has 1 aromatic heterocycles. The van der Waals surface area contributed by atoms with Crippen molar-refractivity contribution in [2.24, 2.45) is 11.8 Å². The van der Waals surface area contributed by atoms with Gasteiger partial charge in [0.05, 0.1) is 25.5 Å². The number of hydrogen-bond acceptors (Lipinski definition) is 4. The summed E-state index contributed by atoms with van der Waals surface area (Å²) in [5.41, 5.74) is 1.02. The number of ether oxygens (including phenoxy) is 1. The van der Waals surface area contributed by atoms with E-state index < -0.39 is 0 Å². The molecule has 2 unspecified atom stereocenters. The molecule has 1 N–H and O–H groups in total. The maximum atomic E-state index is 5.83. The third kappa shape index (κ3) is 4.64. The highest BCUT2D eigenvalue weighted by atomic mass is 16.5. The van der Waals surface area contributed by atoms with E-state index in [2.05, 4.69) is 34.7 Å². The van der Waals surface area contributed by atoms with Crippen molar-refractivity contribution in [2.75, 3.05) is 13.2 Å². The summed E-state index contributed by atoms with van der Waals surface area (Å²) < 4.78 is 7.71. The first-order chi connectivity index (χ1) is 10.3. The molecule has 0 bridgehead atoms. The number of hydrogen-bond donors (Lipinski definition) is 1. The van der Waals surface area contributed by atoms with Crippen molar-refractivity contribution < 1.29 is 4.74 Å². The standard InChI is InChI=1S/C16H26N4O/c1-13-4-2-3-5-14(13)12-21-9-8-20-11-16(18-19-20)10-17-15-6-7-15/h2-3,11,13-15,17H,4-10,12H2,1H3. The second-order valence-electron chi connectivity index (χ2n) is 6.38. The lowest BCUT2D eigenvalue weighted by Crippen LogP contribution is -2.20. The van der Waals surface area contributed by atoms with Crippen LogP contribution in [0.4, 0.5) is 0 Å². The van der Waals surface area contributed by atoms with Crippen molar-refractivity contribution in [3.05, 3.63) is 24.0 Å². The Hall–Kier alpha value is -1.20. The molecule has 2 aliphatic carbocycles. The number of aromatic nitrogens is 3. The number of allylic oxidation sites excluding steroid dienone is 2. The molecule has 1 saturated carbocycles. The average Bonchev–Trinajstić information content (AvgIpc) is 3.22. The SMILES string of the molecule is CC1CC=CCC1COCCn1cc(CNC2CC2)nn1. The predicted octanol–water partition coefficient (Wildman–Crippen LogP) is 2.15. The largest absolute Gasteiger partial charge is 0.379 e. The molecule has 3 rings (SSSR count). The van der Waals surface area contributed by atoms with Gasteiger partial charge in [-0.2, -0.15) is 0 Å². The molecule has 5 heteroatoms. The zero-order valence-corrected chi connectivity index (χ0v) is 12.9. The summed E-state index contributed by atoms with van der Waals surface area (Å²) in [4.78, 5) is 0. The fraction of sp³-hybridized carbons (Fsp3) is 0.750. The Kier molecular flexibility index (Phi) is 5.04. The lowest BCUT2D eigenvalue weighted by Gasteiger charge is -2.24. The van der Waals surface area contributed by atoms with Gasteiger partial charge in [0.2, 0.25) is 0 Å². The molecule has 0 aromatic carbocycles. The van der Waals surface area contributed by atoms with Gasteiger partial charge in [0.25, 0.3) is 0 Å². The van der Waals surface area contributed by atoms with Crippen molar-refractivity contribution in [2.45, 2.75) is 51.7 Å². The summed E-state index contributed by atoms with van der Waals surface area (Å²) in [5, 5.41) is 11.8. The van der Waals surface area contributed by atoms with Crippen LogP contribution in [0.5, 0.6) is 0 Å². The van der Waals surface area contributed by atoms with Crippen molar-refractivity contribution in [3.8, 4) is 0 Å². The first-order valence-corrected chi connectivity index (χ1v) is 8.16. The van der Waals surface area contributed by atoms with Crippen LogP contribution in [0.2, 0.25) is 0 Å². The third-order valence-corrected chi connectivity index (χ3v) is 4.45. The Morgan fingerprint density at radius 2 is 2.19 bits per heavy atom. The van der Waals surface area contributed by atoms with Gasteiger partial charge in [-0.1, -0.05) is 24.3 Å². The molecule has 1 fully saturated rings. The Morgan fingerprint density at radius 3 is 3.00 bits per heavy atom. The zero-order valence-electron chi connectivity index (χ0n) is 12.9. The topological polar surface area (TPSA) is 52.0 Å². The molecule has 0 aliphatic heterocycles. The van der Waals surface area contributed by atoms with Crippen molar-refractivity contribution in [1.29, 1.82) is 0 Å². The van der Waals surface area contributed by atoms with Gasteiger partial charge in [0.1, 0.15) is 0 Å². The van der Waals surface area contributed by atoms with Gasteiger partial charge in [-0.3, -0.25) is 0 Å². The first-order valence-electron chi connectivity index (χ1n) is 8.16. The highest BCUT2D eigenvalue weighted by Crippen LogP contribution is 2.24. The molecular formula is C16H26N4O. The van der Waals surface area contributed by atoms with E-state index in [1.165, 1.54) is 19.3 Å². The van der Waals surface area contributed by atoms with Crippen LogP contribution in [0.15, 0.2) is 18.3 Å². The maximum absolute atomic E-state index is 5.83. The summed E-state index contributed by atoms with van der Waals surface area (Å²) in [7, 11) is 0. The molecule has 116 valence electrons. The van der Waals surface area contributed by atoms with Crippen LogP contribution in [-0.2, 0) is 17.8 Å². The Labute approximate surface area is 126 Å². The van der Waals surface area contributed by atoms with Gasteiger partial charge in [-0.15, -0.1) is 5.10 Å². The quantitative estimate of drug-likeness (QED) is 0.589. The fourth-order valence-corrected chi connectivity index (χ4v) is 2.70. The normalized spacial score (nSPS) is 25.4. The van der Waals surface area contributed by atoms with Crippen molar-refractivity contribution in [1.82, 2.24) is 20.3 Å². The number of nitrogens with zero attached hydrogens (tertiary/aromatic N) is 3. The van der Waals surface area contributed by atoms with E-state index in [9.17, 15) is 0 Å². The van der Waals surface area contributed by atoms with E-state index in [-0.39, 0.29) is 0 Å². The van der Waals surface area contributed by atoms with Gasteiger partial charge >= 0.3 is 0 Å². The number of nitrogens with one attached hydrogen (secondary N) is 1. The molecule has 1 aromatic rings. The Morgan fingerprint density at radius 1 is 1.33 bits per heavy atom. The van der Waals surface area contributed by atoms with Crippen molar-refractivity contribution in [3.63, 3.8) is 0 Å². The second-order valence-corrected chi connectivity index (χ2v) is 6.38. The van der Waals surface area contributed by atoms with Crippen LogP contribution in [0.1, 0.15) is 38.3 Å². The van der Waals surface area contributed by atoms with Gasteiger partial charge in [-0.25, -0.2) is 4.68 Å². The molecule has 1 heterocycles. The lowest BCUT2D eigenvalue weighted by atomic mass is 9.85. The van der Waals surface area contributed by atoms with Gasteiger partial charge < -0.3 is 10.1 Å². The summed E-state index contributed by atoms with van der Waals surface area (Å²) in [6, 6.07) is 0.713. The second kappa shape index (κ2) is 7.18. The number of rotatable bonds is 8. The minimum atomic E-state index is 0.670. The molecule has 0 saturated heterocycles. The van der Waals surface area contributed by atoms with Crippen LogP contribution in [-0.4, -0.2) is 34.2 Å². The van der Waals surface area contributed by atoms with Crippen LogP contribution in [0.3, 0.4) is 0 Å². The molecule has 0 amide bonds. The average molecular weight is 290 g/mol. The van der Waals surface area contributed by atoms with E-state index in [4.69, 9.17) is 4.74 Å². The van der Waals surface area contributed by atoms with Crippen LogP contribution in [0.25, 0.3) is 0 Å². The first kappa shape index (κ1) is 14.7. The van der Waals surface area contributed by atoms with E-state index in [0.717, 1.165) is 37.7 Å². The van der Waals surface area contributed by atoms with E-state index in [1.807, 2.05) is 10.9 Å². The maximum Gasteiger partial charge on any atom is 0.0964 e.